The van der Waals surface area contributed by atoms with Crippen molar-refractivity contribution >= 4 is 0 Å². The summed E-state index contributed by atoms with van der Waals surface area (Å²) in [5.74, 6) is 1.02. The maximum atomic E-state index is 5.96. The molecule has 5 heteroatoms. The number of ether oxygens (including phenoxy) is 3. The molecule has 0 amide bonds. The third-order valence-corrected chi connectivity index (χ3v) is 5.17. The predicted molar refractivity (Wildman–Crippen MR) is 109 cm³/mol. The monoisotopic (exact) mass is 374 g/mol. The van der Waals surface area contributed by atoms with Gasteiger partial charge in [0.15, 0.2) is 0 Å². The van der Waals surface area contributed by atoms with Gasteiger partial charge in [-0.1, -0.05) is 48.6 Å². The van der Waals surface area contributed by atoms with E-state index in [1.807, 2.05) is 0 Å². The van der Waals surface area contributed by atoms with Crippen LogP contribution in [0, 0.1) is 11.8 Å². The Kier molecular flexibility index (Phi) is 9.31. The minimum absolute atomic E-state index is 0.512. The van der Waals surface area contributed by atoms with Gasteiger partial charge in [0.2, 0.25) is 0 Å². The Labute approximate surface area is 163 Å². The first kappa shape index (κ1) is 20.5. The minimum atomic E-state index is 0.512. The number of hydrogen-bond acceptors (Lipinski definition) is 5. The molecule has 0 spiro atoms. The minimum Gasteiger partial charge on any atom is -0.379 e. The predicted octanol–water partition coefficient (Wildman–Crippen LogP) is 2.14. The molecule has 0 atom stereocenters. The number of allylic oxidation sites excluding steroid dienone is 4. The van der Waals surface area contributed by atoms with Crippen LogP contribution in [0.3, 0.4) is 0 Å². The normalized spacial score (nSPS) is 25.2. The fourth-order valence-electron chi connectivity index (χ4n) is 3.58. The van der Waals surface area contributed by atoms with Crippen molar-refractivity contribution in [2.24, 2.45) is 11.8 Å². The second kappa shape index (κ2) is 12.3. The van der Waals surface area contributed by atoms with Crippen LogP contribution in [0.5, 0.6) is 0 Å². The molecule has 1 heterocycles. The summed E-state index contributed by atoms with van der Waals surface area (Å²) >= 11 is 0. The Bertz CT molecular complexity index is 460. The van der Waals surface area contributed by atoms with Gasteiger partial charge in [0, 0.05) is 51.1 Å². The van der Waals surface area contributed by atoms with E-state index < -0.39 is 0 Å². The molecule has 3 rings (SSSR count). The lowest BCUT2D eigenvalue weighted by Crippen LogP contribution is -2.36. The average Bonchev–Trinajstić information content (AvgIpc) is 3.36. The topological polar surface area (TPSA) is 34.2 Å². The lowest BCUT2D eigenvalue weighted by atomic mass is 10.1. The highest BCUT2D eigenvalue weighted by molar-refractivity contribution is 5.18. The molecule has 150 valence electrons. The van der Waals surface area contributed by atoms with Crippen molar-refractivity contribution in [3.8, 4) is 0 Å². The van der Waals surface area contributed by atoms with Gasteiger partial charge in [-0.25, -0.2) is 0 Å². The van der Waals surface area contributed by atoms with E-state index in [9.17, 15) is 0 Å². The molecule has 0 aromatic rings. The molecule has 1 saturated heterocycles. The third-order valence-electron chi connectivity index (χ3n) is 5.17. The molecule has 1 fully saturated rings. The molecule has 0 aromatic heterocycles. The van der Waals surface area contributed by atoms with Crippen LogP contribution in [-0.2, 0) is 14.2 Å². The van der Waals surface area contributed by atoms with Gasteiger partial charge in [-0.3, -0.25) is 9.80 Å². The Morgan fingerprint density at radius 3 is 1.22 bits per heavy atom. The van der Waals surface area contributed by atoms with E-state index in [1.54, 1.807) is 0 Å². The summed E-state index contributed by atoms with van der Waals surface area (Å²) in [6, 6.07) is 0. The molecule has 0 radical (unpaired) electrons. The molecule has 0 aromatic carbocycles. The average molecular weight is 375 g/mol. The van der Waals surface area contributed by atoms with Crippen LogP contribution in [0.4, 0.5) is 0 Å². The smallest absolute Gasteiger partial charge is 0.0701 e. The Hall–Kier alpha value is -1.24. The zero-order valence-corrected chi connectivity index (χ0v) is 16.4. The summed E-state index contributed by atoms with van der Waals surface area (Å²) in [5, 5.41) is 0. The molecule has 0 saturated carbocycles. The largest absolute Gasteiger partial charge is 0.379 e. The SMILES string of the molecule is C1=CC(CN2CCOCCOCCN(CC3C=CC=C3)CCOCC2)C=C1. The van der Waals surface area contributed by atoms with E-state index in [2.05, 4.69) is 58.4 Å². The molecular weight excluding hydrogens is 340 g/mol. The van der Waals surface area contributed by atoms with Crippen molar-refractivity contribution in [2.75, 3.05) is 78.9 Å². The first-order valence-corrected chi connectivity index (χ1v) is 10.3. The van der Waals surface area contributed by atoms with E-state index in [0.29, 0.717) is 25.0 Å². The highest BCUT2D eigenvalue weighted by Crippen LogP contribution is 2.12. The van der Waals surface area contributed by atoms with Gasteiger partial charge in [0.1, 0.15) is 0 Å². The molecule has 0 unspecified atom stereocenters. The summed E-state index contributed by atoms with van der Waals surface area (Å²) in [7, 11) is 0. The molecular formula is C22H34N2O3. The van der Waals surface area contributed by atoms with E-state index in [-0.39, 0.29) is 0 Å². The number of hydrogen-bond donors (Lipinski definition) is 0. The molecule has 0 N–H and O–H groups in total. The van der Waals surface area contributed by atoms with Crippen molar-refractivity contribution in [1.82, 2.24) is 9.80 Å². The van der Waals surface area contributed by atoms with Crippen molar-refractivity contribution < 1.29 is 14.2 Å². The fraction of sp³-hybridized carbons (Fsp3) is 0.636. The molecule has 1 aliphatic heterocycles. The number of nitrogens with zero attached hydrogens (tertiary/aromatic N) is 2. The second-order valence-electron chi connectivity index (χ2n) is 7.31. The maximum absolute atomic E-state index is 5.96. The van der Waals surface area contributed by atoms with Crippen LogP contribution >= 0.6 is 0 Å². The quantitative estimate of drug-likeness (QED) is 0.753. The van der Waals surface area contributed by atoms with E-state index >= 15 is 0 Å². The molecule has 3 aliphatic rings. The van der Waals surface area contributed by atoms with Crippen LogP contribution < -0.4 is 0 Å². The Morgan fingerprint density at radius 2 is 0.852 bits per heavy atom. The van der Waals surface area contributed by atoms with Crippen LogP contribution in [0.15, 0.2) is 48.6 Å². The first-order valence-electron chi connectivity index (χ1n) is 10.3. The lowest BCUT2D eigenvalue weighted by Gasteiger charge is -2.25. The molecule has 0 bridgehead atoms. The second-order valence-corrected chi connectivity index (χ2v) is 7.31. The van der Waals surface area contributed by atoms with E-state index in [4.69, 9.17) is 14.2 Å². The fourth-order valence-corrected chi connectivity index (χ4v) is 3.58. The molecule has 5 nitrogen and oxygen atoms in total. The van der Waals surface area contributed by atoms with Gasteiger partial charge in [-0.15, -0.1) is 0 Å². The number of rotatable bonds is 4. The summed E-state index contributed by atoms with van der Waals surface area (Å²) in [5.41, 5.74) is 0. The maximum Gasteiger partial charge on any atom is 0.0701 e. The van der Waals surface area contributed by atoms with Gasteiger partial charge in [-0.05, 0) is 0 Å². The van der Waals surface area contributed by atoms with Crippen molar-refractivity contribution in [3.63, 3.8) is 0 Å². The van der Waals surface area contributed by atoms with Crippen LogP contribution in [0.2, 0.25) is 0 Å². The first-order chi connectivity index (χ1) is 13.4. The third kappa shape index (κ3) is 8.11. The summed E-state index contributed by atoms with van der Waals surface area (Å²) < 4.78 is 17.5. The van der Waals surface area contributed by atoms with Crippen LogP contribution in [0.25, 0.3) is 0 Å². The zero-order chi connectivity index (χ0) is 18.6. The summed E-state index contributed by atoms with van der Waals surface area (Å²) in [6.07, 6.45) is 17.6. The summed E-state index contributed by atoms with van der Waals surface area (Å²) in [6.45, 7) is 10.2. The summed E-state index contributed by atoms with van der Waals surface area (Å²) in [4.78, 5) is 4.88. The van der Waals surface area contributed by atoms with Gasteiger partial charge in [-0.2, -0.15) is 0 Å². The van der Waals surface area contributed by atoms with E-state index in [1.165, 1.54) is 0 Å². The van der Waals surface area contributed by atoms with Crippen molar-refractivity contribution in [1.29, 1.82) is 0 Å². The lowest BCUT2D eigenvalue weighted by molar-refractivity contribution is 0.0316. The van der Waals surface area contributed by atoms with Gasteiger partial charge < -0.3 is 14.2 Å². The molecule has 2 aliphatic carbocycles. The standard InChI is InChI=1S/C22H34N2O3/c1-2-6-21(5-1)19-23-9-13-25-14-10-24(20-22-7-3-4-8-22)12-16-27-18-17-26-15-11-23/h1-8,21-22H,9-20H2. The highest BCUT2D eigenvalue weighted by atomic mass is 16.5. The highest BCUT2D eigenvalue weighted by Gasteiger charge is 2.14. The van der Waals surface area contributed by atoms with E-state index in [0.717, 1.165) is 65.7 Å². The van der Waals surface area contributed by atoms with Gasteiger partial charge >= 0.3 is 0 Å². The van der Waals surface area contributed by atoms with Gasteiger partial charge in [0.25, 0.3) is 0 Å². The Balaban J connectivity index is 1.44. The Morgan fingerprint density at radius 1 is 0.519 bits per heavy atom. The van der Waals surface area contributed by atoms with Crippen molar-refractivity contribution in [3.05, 3.63) is 48.6 Å². The van der Waals surface area contributed by atoms with Crippen molar-refractivity contribution in [2.45, 2.75) is 0 Å². The molecule has 27 heavy (non-hydrogen) atoms. The zero-order valence-electron chi connectivity index (χ0n) is 16.4. The van der Waals surface area contributed by atoms with Crippen LogP contribution in [0.1, 0.15) is 0 Å². The van der Waals surface area contributed by atoms with Gasteiger partial charge in [0.05, 0.1) is 39.6 Å². The van der Waals surface area contributed by atoms with Crippen LogP contribution in [-0.4, -0.2) is 88.7 Å².